The normalized spacial score (nSPS) is 22.9. The SMILES string of the molecule is CCc1ccc2c(c1)C(CN)CC(C)(C)C2. The molecule has 0 saturated carbocycles. The second kappa shape index (κ2) is 4.21. The van der Waals surface area contributed by atoms with E-state index in [0.29, 0.717) is 11.3 Å². The Morgan fingerprint density at radius 1 is 1.38 bits per heavy atom. The molecular formula is C15H23N. The quantitative estimate of drug-likeness (QED) is 0.808. The number of aryl methyl sites for hydroxylation is 1. The number of fused-ring (bicyclic) bond motifs is 1. The molecule has 1 aromatic rings. The Hall–Kier alpha value is -0.820. The van der Waals surface area contributed by atoms with Crippen molar-refractivity contribution in [2.45, 2.75) is 46.0 Å². The van der Waals surface area contributed by atoms with Crippen molar-refractivity contribution in [2.75, 3.05) is 6.54 Å². The van der Waals surface area contributed by atoms with Gasteiger partial charge in [-0.05, 0) is 53.8 Å². The molecule has 0 fully saturated rings. The molecule has 2 N–H and O–H groups in total. The van der Waals surface area contributed by atoms with Crippen molar-refractivity contribution in [1.82, 2.24) is 0 Å². The van der Waals surface area contributed by atoms with Crippen LogP contribution in [-0.4, -0.2) is 6.54 Å². The van der Waals surface area contributed by atoms with Crippen LogP contribution >= 0.6 is 0 Å². The molecule has 1 aromatic carbocycles. The monoisotopic (exact) mass is 217 g/mol. The van der Waals surface area contributed by atoms with Crippen LogP contribution in [0, 0.1) is 5.41 Å². The van der Waals surface area contributed by atoms with E-state index in [1.807, 2.05) is 0 Å². The molecule has 1 aliphatic rings. The van der Waals surface area contributed by atoms with Gasteiger partial charge in [-0.3, -0.25) is 0 Å². The minimum absolute atomic E-state index is 0.408. The number of hydrogen-bond donors (Lipinski definition) is 1. The minimum atomic E-state index is 0.408. The van der Waals surface area contributed by atoms with Gasteiger partial charge in [-0.15, -0.1) is 0 Å². The summed E-state index contributed by atoms with van der Waals surface area (Å²) in [6.07, 6.45) is 3.54. The lowest BCUT2D eigenvalue weighted by Gasteiger charge is -2.37. The van der Waals surface area contributed by atoms with Crippen molar-refractivity contribution >= 4 is 0 Å². The molecule has 1 aliphatic carbocycles. The van der Waals surface area contributed by atoms with Gasteiger partial charge in [-0.2, -0.15) is 0 Å². The summed E-state index contributed by atoms with van der Waals surface area (Å²) in [6.45, 7) is 7.70. The largest absolute Gasteiger partial charge is 0.330 e. The maximum Gasteiger partial charge on any atom is -0.000793 e. The summed E-state index contributed by atoms with van der Waals surface area (Å²) in [4.78, 5) is 0. The highest BCUT2D eigenvalue weighted by Gasteiger charge is 2.31. The van der Waals surface area contributed by atoms with E-state index in [1.165, 1.54) is 29.5 Å². The highest BCUT2D eigenvalue weighted by molar-refractivity contribution is 5.38. The second-order valence-electron chi connectivity index (χ2n) is 5.86. The van der Waals surface area contributed by atoms with E-state index in [1.54, 1.807) is 0 Å². The van der Waals surface area contributed by atoms with Crippen molar-refractivity contribution < 1.29 is 0 Å². The zero-order chi connectivity index (χ0) is 11.8. The number of hydrogen-bond acceptors (Lipinski definition) is 1. The van der Waals surface area contributed by atoms with E-state index >= 15 is 0 Å². The lowest BCUT2D eigenvalue weighted by atomic mass is 9.69. The Balaban J connectivity index is 2.42. The molecule has 0 radical (unpaired) electrons. The molecular weight excluding hydrogens is 194 g/mol. The van der Waals surface area contributed by atoms with Gasteiger partial charge >= 0.3 is 0 Å². The van der Waals surface area contributed by atoms with Crippen molar-refractivity contribution in [3.8, 4) is 0 Å². The van der Waals surface area contributed by atoms with Crippen LogP contribution in [0.3, 0.4) is 0 Å². The molecule has 0 saturated heterocycles. The van der Waals surface area contributed by atoms with E-state index in [2.05, 4.69) is 39.0 Å². The van der Waals surface area contributed by atoms with E-state index in [4.69, 9.17) is 5.73 Å². The molecule has 1 atom stereocenters. The smallest absolute Gasteiger partial charge is 0.000793 e. The summed E-state index contributed by atoms with van der Waals surface area (Å²) in [7, 11) is 0. The van der Waals surface area contributed by atoms with Crippen molar-refractivity contribution in [2.24, 2.45) is 11.1 Å². The molecule has 88 valence electrons. The molecule has 2 rings (SSSR count). The van der Waals surface area contributed by atoms with Crippen LogP contribution < -0.4 is 5.73 Å². The van der Waals surface area contributed by atoms with Crippen LogP contribution in [0.4, 0.5) is 0 Å². The molecule has 0 heterocycles. The maximum atomic E-state index is 5.93. The first kappa shape index (κ1) is 11.7. The first-order valence-electron chi connectivity index (χ1n) is 6.37. The summed E-state index contributed by atoms with van der Waals surface area (Å²) in [6, 6.07) is 6.97. The van der Waals surface area contributed by atoms with Gasteiger partial charge in [0.1, 0.15) is 0 Å². The Morgan fingerprint density at radius 2 is 2.12 bits per heavy atom. The zero-order valence-corrected chi connectivity index (χ0v) is 10.7. The average molecular weight is 217 g/mol. The maximum absolute atomic E-state index is 5.93. The Kier molecular flexibility index (Phi) is 3.07. The highest BCUT2D eigenvalue weighted by Crippen LogP contribution is 2.41. The molecule has 1 heteroatoms. The Morgan fingerprint density at radius 3 is 2.75 bits per heavy atom. The third-order valence-corrected chi connectivity index (χ3v) is 3.81. The van der Waals surface area contributed by atoms with Crippen molar-refractivity contribution in [1.29, 1.82) is 0 Å². The lowest BCUT2D eigenvalue weighted by molar-refractivity contribution is 0.282. The van der Waals surface area contributed by atoms with Gasteiger partial charge in [-0.1, -0.05) is 39.0 Å². The van der Waals surface area contributed by atoms with E-state index in [-0.39, 0.29) is 0 Å². The third kappa shape index (κ3) is 2.15. The van der Waals surface area contributed by atoms with Gasteiger partial charge in [0, 0.05) is 0 Å². The second-order valence-corrected chi connectivity index (χ2v) is 5.86. The van der Waals surface area contributed by atoms with Crippen molar-refractivity contribution in [3.05, 3.63) is 34.9 Å². The molecule has 0 bridgehead atoms. The van der Waals surface area contributed by atoms with Crippen LogP contribution in [-0.2, 0) is 12.8 Å². The fourth-order valence-electron chi connectivity index (χ4n) is 2.98. The van der Waals surface area contributed by atoms with Gasteiger partial charge in [-0.25, -0.2) is 0 Å². The summed E-state index contributed by atoms with van der Waals surface area (Å²) < 4.78 is 0. The molecule has 16 heavy (non-hydrogen) atoms. The third-order valence-electron chi connectivity index (χ3n) is 3.81. The molecule has 0 amide bonds. The fraction of sp³-hybridized carbons (Fsp3) is 0.600. The van der Waals surface area contributed by atoms with Gasteiger partial charge in [0.2, 0.25) is 0 Å². The summed E-state index contributed by atoms with van der Waals surface area (Å²) in [5.74, 6) is 0.560. The molecule has 0 aromatic heterocycles. The summed E-state index contributed by atoms with van der Waals surface area (Å²) in [5.41, 5.74) is 10.8. The van der Waals surface area contributed by atoms with E-state index in [0.717, 1.165) is 13.0 Å². The standard InChI is InChI=1S/C15H23N/c1-4-11-5-6-12-8-15(2,3)9-13(10-16)14(12)7-11/h5-7,13H,4,8-10,16H2,1-3H3. The Bertz CT molecular complexity index is 379. The lowest BCUT2D eigenvalue weighted by Crippen LogP contribution is -2.29. The van der Waals surface area contributed by atoms with Crippen LogP contribution in [0.5, 0.6) is 0 Å². The average Bonchev–Trinajstić information content (AvgIpc) is 2.26. The van der Waals surface area contributed by atoms with E-state index in [9.17, 15) is 0 Å². The molecule has 0 spiro atoms. The summed E-state index contributed by atoms with van der Waals surface area (Å²) >= 11 is 0. The van der Waals surface area contributed by atoms with Crippen LogP contribution in [0.1, 0.15) is 49.8 Å². The molecule has 0 aliphatic heterocycles. The minimum Gasteiger partial charge on any atom is -0.330 e. The zero-order valence-electron chi connectivity index (χ0n) is 10.7. The number of benzene rings is 1. The fourth-order valence-corrected chi connectivity index (χ4v) is 2.98. The first-order valence-corrected chi connectivity index (χ1v) is 6.37. The van der Waals surface area contributed by atoms with Gasteiger partial charge in [0.05, 0.1) is 0 Å². The van der Waals surface area contributed by atoms with Crippen LogP contribution in [0.2, 0.25) is 0 Å². The van der Waals surface area contributed by atoms with Gasteiger partial charge in [0.15, 0.2) is 0 Å². The predicted molar refractivity (Wildman–Crippen MR) is 69.7 cm³/mol. The van der Waals surface area contributed by atoms with Gasteiger partial charge in [0.25, 0.3) is 0 Å². The predicted octanol–water partition coefficient (Wildman–Crippen LogP) is 3.26. The highest BCUT2D eigenvalue weighted by atomic mass is 14.6. The molecule has 1 nitrogen and oxygen atoms in total. The summed E-state index contributed by atoms with van der Waals surface area (Å²) in [5, 5.41) is 0. The van der Waals surface area contributed by atoms with Crippen molar-refractivity contribution in [3.63, 3.8) is 0 Å². The topological polar surface area (TPSA) is 26.0 Å². The first-order chi connectivity index (χ1) is 7.55. The number of nitrogens with two attached hydrogens (primary N) is 1. The van der Waals surface area contributed by atoms with Crippen LogP contribution in [0.15, 0.2) is 18.2 Å². The number of rotatable bonds is 2. The Labute approximate surface area is 99.0 Å². The van der Waals surface area contributed by atoms with Gasteiger partial charge < -0.3 is 5.73 Å². The van der Waals surface area contributed by atoms with Crippen LogP contribution in [0.25, 0.3) is 0 Å². The van der Waals surface area contributed by atoms with E-state index < -0.39 is 0 Å². The molecule has 1 unspecified atom stereocenters.